The normalized spacial score (nSPS) is 18.3. The molecule has 0 bridgehead atoms. The number of urea groups is 2. The second-order valence-corrected chi connectivity index (χ2v) is 34.5. The van der Waals surface area contributed by atoms with E-state index in [1.54, 1.807) is 6.92 Å². The molecular weight excluding hydrogens is 1660 g/mol. The Morgan fingerprint density at radius 1 is 0.587 bits per heavy atom. The Kier molecular flexibility index (Phi) is 43.9. The van der Waals surface area contributed by atoms with Crippen LogP contribution in [0.15, 0.2) is 56.7 Å². The lowest BCUT2D eigenvalue weighted by molar-refractivity contribution is -0.198. The van der Waals surface area contributed by atoms with Gasteiger partial charge in [-0.2, -0.15) is 23.5 Å². The average molecular weight is 1780 g/mol. The summed E-state index contributed by atoms with van der Waals surface area (Å²) in [7, 11) is -10.6. The van der Waals surface area contributed by atoms with Gasteiger partial charge >= 0.3 is 24.0 Å². The summed E-state index contributed by atoms with van der Waals surface area (Å²) in [4.78, 5) is 128. The van der Waals surface area contributed by atoms with E-state index in [9.17, 15) is 79.0 Å². The first-order valence-electron chi connectivity index (χ1n) is 40.7. The van der Waals surface area contributed by atoms with E-state index in [0.717, 1.165) is 56.6 Å². The van der Waals surface area contributed by atoms with E-state index in [-0.39, 0.29) is 163 Å². The van der Waals surface area contributed by atoms with E-state index in [1.807, 2.05) is 47.2 Å². The van der Waals surface area contributed by atoms with E-state index in [0.29, 0.717) is 163 Å². The average Bonchev–Trinajstić information content (AvgIpc) is 1.57. The summed E-state index contributed by atoms with van der Waals surface area (Å²) in [5, 5.41) is 25.6. The monoisotopic (exact) mass is 1780 g/mol. The molecule has 6 heterocycles. The van der Waals surface area contributed by atoms with Gasteiger partial charge in [0, 0.05) is 134 Å². The molecule has 2 aromatic rings. The van der Waals surface area contributed by atoms with Crippen LogP contribution in [0, 0.1) is 12.8 Å². The zero-order chi connectivity index (χ0) is 86.0. The Bertz CT molecular complexity index is 4350. The van der Waals surface area contributed by atoms with Gasteiger partial charge in [0.15, 0.2) is 16.2 Å². The number of likely N-dealkylation sites (N-methyl/N-ethyl adjacent to an activating group) is 2. The molecule has 39 heteroatoms. The second-order valence-electron chi connectivity index (χ2n) is 29.3. The van der Waals surface area contributed by atoms with Crippen LogP contribution in [0.5, 0.6) is 0 Å². The number of ketones is 3. The van der Waals surface area contributed by atoms with Crippen LogP contribution in [0.1, 0.15) is 173 Å². The number of nitrogens with two attached hydrogens (primary N) is 2. The number of benzene rings is 3. The van der Waals surface area contributed by atoms with Gasteiger partial charge in [-0.1, -0.05) is 40.2 Å². The van der Waals surface area contributed by atoms with Crippen LogP contribution in [0.3, 0.4) is 0 Å². The number of rotatable bonds is 57. The number of Topliss-reactive ketones (excluding diaryl/α,β-unsaturated/α-hetero) is 3. The van der Waals surface area contributed by atoms with Gasteiger partial charge in [-0.25, -0.2) is 31.2 Å². The molecule has 5 fully saturated rings. The number of amides is 7. The number of carboxylic acids is 1. The van der Waals surface area contributed by atoms with E-state index >= 15 is 0 Å². The van der Waals surface area contributed by atoms with Crippen LogP contribution in [0.25, 0.3) is 33.4 Å². The molecule has 8 N–H and O–H groups in total. The molecule has 7 amide bonds. The number of fused-ring (bicyclic) bond motifs is 4. The van der Waals surface area contributed by atoms with Gasteiger partial charge in [-0.05, 0) is 114 Å². The number of carbonyl (C=O) groups excluding carboxylic acids is 9. The standard InChI is InChI=1S/C52H69N5O17S3.C28H45N3O10S.2CH4/c1-3-57-45-42(56-52(57)63)31-75-43(45)12-5-4-10-35(58)11-8-21-70-23-25-72-27-28-73-26-24-71-22-19-36(59)30-34(51(61)62)9-6-7-20-55-50(60)33-13-14-37(32(2)29-33)44-38-15-17-40(53)48(76(64,65)66)46(38)74-47-39(44)16-18-41(54)49(47)77(67,68)69;1-2-30-27-22(29-28(30)36)20-42-23(27)8-4-3-6-21(32)7-5-12-37-14-16-39-18-19-40-17-15-38-13-11-26(35)41-31-24(33)9-10-25(31)34;;/h13-18,29,34,42-43,45,53H,3-12,19-28,30-31,54H2,1-2H3,(H,55,60)(H,56,63)(H,61,62)(H,64,65,66)(H,67,68,69);22-23,27H,2-20H2,1H3,(H,29,36);2*1H4/p-1/t34-,42+,43+,45+;22-,23-,27-;;/m10../s1. The first-order chi connectivity index (χ1) is 57.1. The fourth-order valence-corrected chi connectivity index (χ4v) is 19.5. The highest BCUT2D eigenvalue weighted by Gasteiger charge is 2.49. The molecule has 6 aliphatic heterocycles. The predicted octanol–water partition coefficient (Wildman–Crippen LogP) is 6.52. The van der Waals surface area contributed by atoms with Gasteiger partial charge in [0.2, 0.25) is 5.36 Å². The van der Waals surface area contributed by atoms with Crippen molar-refractivity contribution in [3.8, 4) is 22.5 Å². The highest BCUT2D eigenvalue weighted by Crippen LogP contribution is 2.46. The number of carboxylic acid groups (broad SMARTS) is 1. The molecular formula is C82H121N8O27S4-. The largest absolute Gasteiger partial charge is 0.744 e. The molecule has 1 aliphatic carbocycles. The lowest BCUT2D eigenvalue weighted by Crippen LogP contribution is -2.47. The van der Waals surface area contributed by atoms with Crippen LogP contribution >= 0.6 is 23.5 Å². The van der Waals surface area contributed by atoms with E-state index in [1.165, 1.54) is 42.5 Å². The predicted molar refractivity (Wildman–Crippen MR) is 447 cm³/mol. The number of hydrogen-bond acceptors (Lipinski definition) is 29. The molecule has 7 aliphatic rings. The number of carbonyl (C=O) groups is 10. The SMILES string of the molecule is C.C.CCN1C(=O)N[C@H]2CS[C@@H](CCCCC(=O)CCCOCCOCCOCCOCCC(=O)C[C@@H](CCCCNC(=O)c3ccc(-c4c5ccc(=[NH2+])c(S(=O)(=O)[O-])c-5oc5c(S(=O)(=O)[O-])c(N)ccc45)c(C)c3)C(=O)O)[C@H]21.CCN1C(=O)N[C@H]2CS[C@@H](CCCCC(=O)CCCOCCOCCOCCOCCC(=O)ON3C(=O)CCC3=O)[C@H]21. The number of hydroxylamine groups is 2. The van der Waals surface area contributed by atoms with Gasteiger partial charge in [0.25, 0.3) is 17.7 Å². The Morgan fingerprint density at radius 3 is 1.52 bits per heavy atom. The molecule has 5 saturated heterocycles. The maximum atomic E-state index is 13.2. The van der Waals surface area contributed by atoms with Crippen molar-refractivity contribution in [3.05, 3.63) is 58.9 Å². The number of nitrogens with zero attached hydrogens (tertiary/aromatic N) is 3. The lowest BCUT2D eigenvalue weighted by Gasteiger charge is -2.26. The molecule has 676 valence electrons. The number of aryl methyl sites for hydroxylation is 1. The van der Waals surface area contributed by atoms with Crippen molar-refractivity contribution >= 4 is 119 Å². The molecule has 7 atom stereocenters. The fourth-order valence-electron chi connectivity index (χ4n) is 14.8. The molecule has 0 radical (unpaired) electrons. The smallest absolute Gasteiger partial charge is 0.335 e. The molecule has 0 unspecified atom stereocenters. The van der Waals surface area contributed by atoms with Gasteiger partial charge in [0.1, 0.15) is 42.5 Å². The molecule has 0 aromatic heterocycles. The van der Waals surface area contributed by atoms with Crippen molar-refractivity contribution in [1.29, 1.82) is 0 Å². The molecule has 121 heavy (non-hydrogen) atoms. The number of nitrogen functional groups attached to an aromatic ring is 1. The summed E-state index contributed by atoms with van der Waals surface area (Å²) in [5.74, 6) is -2.62. The first kappa shape index (κ1) is 102. The maximum Gasteiger partial charge on any atom is 0.335 e. The molecule has 2 aromatic carbocycles. The molecule has 0 spiro atoms. The van der Waals surface area contributed by atoms with Crippen molar-refractivity contribution < 1.29 is 132 Å². The van der Waals surface area contributed by atoms with Crippen molar-refractivity contribution in [2.45, 2.75) is 208 Å². The summed E-state index contributed by atoms with van der Waals surface area (Å²) in [6.45, 7) is 12.9. The zero-order valence-corrected chi connectivity index (χ0v) is 71.0. The lowest BCUT2D eigenvalue weighted by atomic mass is 9.90. The number of ether oxygens (including phenoxy) is 8. The number of nitrogens with one attached hydrogen (secondary N) is 3. The number of aliphatic carboxylic acids is 1. The minimum atomic E-state index is -5.31. The van der Waals surface area contributed by atoms with Crippen molar-refractivity contribution in [2.24, 2.45) is 5.92 Å². The highest BCUT2D eigenvalue weighted by molar-refractivity contribution is 8.00. The van der Waals surface area contributed by atoms with Crippen LogP contribution in [0.2, 0.25) is 0 Å². The molecule has 9 rings (SSSR count). The van der Waals surface area contributed by atoms with Crippen molar-refractivity contribution in [1.82, 2.24) is 30.8 Å². The van der Waals surface area contributed by atoms with Crippen molar-refractivity contribution in [2.75, 3.05) is 143 Å². The number of unbranched alkanes of at least 4 members (excludes halogenated alkanes) is 3. The third-order valence-electron chi connectivity index (χ3n) is 20.8. The minimum absolute atomic E-state index is 0. The van der Waals surface area contributed by atoms with Crippen LogP contribution < -0.4 is 32.5 Å². The van der Waals surface area contributed by atoms with Crippen LogP contribution in [0.4, 0.5) is 15.3 Å². The summed E-state index contributed by atoms with van der Waals surface area (Å²) in [6, 6.07) is 10.8. The van der Waals surface area contributed by atoms with E-state index in [4.69, 9.17) is 58.3 Å². The molecule has 35 nitrogen and oxygen atoms in total. The Balaban J connectivity index is 0.000000436. The summed E-state index contributed by atoms with van der Waals surface area (Å²) in [6.07, 6.45) is 10.3. The number of thioether (sulfide) groups is 2. The molecule has 0 saturated carbocycles. The first-order valence-corrected chi connectivity index (χ1v) is 45.6. The third-order valence-corrected chi connectivity index (χ3v) is 25.6. The Hall–Kier alpha value is -7.77. The second kappa shape index (κ2) is 52.1. The highest BCUT2D eigenvalue weighted by atomic mass is 32.2. The third kappa shape index (κ3) is 31.5. The summed E-state index contributed by atoms with van der Waals surface area (Å²) < 4.78 is 124. The number of hydrogen-bond donors (Lipinski definition) is 6. The van der Waals surface area contributed by atoms with E-state index < -0.39 is 88.0 Å². The minimum Gasteiger partial charge on any atom is -0.744 e. The van der Waals surface area contributed by atoms with Gasteiger partial charge in [0.05, 0.1) is 135 Å². The quantitative estimate of drug-likeness (QED) is 0.00684. The Morgan fingerprint density at radius 2 is 1.05 bits per heavy atom. The van der Waals surface area contributed by atoms with Gasteiger partial charge in [-0.15, -0.1) is 5.06 Å². The summed E-state index contributed by atoms with van der Waals surface area (Å²) >= 11 is 3.86. The van der Waals surface area contributed by atoms with Crippen LogP contribution in [-0.2, 0) is 96.5 Å². The van der Waals surface area contributed by atoms with Crippen molar-refractivity contribution in [3.63, 3.8) is 0 Å². The van der Waals surface area contributed by atoms with Crippen LogP contribution in [-0.4, -0.2) is 277 Å². The van der Waals surface area contributed by atoms with E-state index in [2.05, 4.69) is 16.0 Å². The zero-order valence-electron chi connectivity index (χ0n) is 67.8. The Labute approximate surface area is 716 Å². The topological polar surface area (TPSA) is 499 Å². The number of anilines is 1. The number of imide groups is 1. The summed E-state index contributed by atoms with van der Waals surface area (Å²) in [5.41, 5.74) is 6.03. The van der Waals surface area contributed by atoms with Gasteiger partial charge in [-0.3, -0.25) is 39.0 Å². The fraction of sp³-hybridized carbons (Fsp3) is 0.646. The van der Waals surface area contributed by atoms with Gasteiger partial charge < -0.3 is 92.8 Å². The maximum absolute atomic E-state index is 13.2.